The average Bonchev–Trinajstić information content (AvgIpc) is 2.50. The van der Waals surface area contributed by atoms with Gasteiger partial charge < -0.3 is 5.32 Å². The monoisotopic (exact) mass is 164 g/mol. The molecule has 0 atom stereocenters. The zero-order valence-electron chi connectivity index (χ0n) is 7.04. The summed E-state index contributed by atoms with van der Waals surface area (Å²) < 4.78 is 0. The van der Waals surface area contributed by atoms with E-state index < -0.39 is 0 Å². The highest BCUT2D eigenvalue weighted by molar-refractivity contribution is 5.86. The summed E-state index contributed by atoms with van der Waals surface area (Å²) in [6, 6.07) is 0. The summed E-state index contributed by atoms with van der Waals surface area (Å²) in [6.07, 6.45) is 5.08. The van der Waals surface area contributed by atoms with Gasteiger partial charge in [-0.3, -0.25) is 10.1 Å². The predicted octanol–water partition coefficient (Wildman–Crippen LogP) is 1.40. The van der Waals surface area contributed by atoms with Crippen LogP contribution in [-0.4, -0.2) is 23.0 Å². The fourth-order valence-electron chi connectivity index (χ4n) is 0.801. The van der Waals surface area contributed by atoms with Crippen molar-refractivity contribution in [2.45, 2.75) is 6.92 Å². The molecule has 0 aliphatic rings. The summed E-state index contributed by atoms with van der Waals surface area (Å²) in [5.41, 5.74) is 0.941. The van der Waals surface area contributed by atoms with Crippen molar-refractivity contribution in [2.24, 2.45) is 4.99 Å². The van der Waals surface area contributed by atoms with Gasteiger partial charge in [0, 0.05) is 12.8 Å². The van der Waals surface area contributed by atoms with Crippen LogP contribution in [0.15, 0.2) is 24.0 Å². The molecule has 0 amide bonds. The second kappa shape index (κ2) is 4.33. The summed E-state index contributed by atoms with van der Waals surface area (Å²) >= 11 is 0. The average molecular weight is 164 g/mol. The second-order valence-corrected chi connectivity index (χ2v) is 2.18. The molecule has 0 aliphatic heterocycles. The molecule has 1 aromatic rings. The number of aliphatic imine (C=N–C) groups is 1. The third-order valence-corrected chi connectivity index (χ3v) is 1.33. The van der Waals surface area contributed by atoms with Crippen molar-refractivity contribution in [1.29, 1.82) is 0 Å². The van der Waals surface area contributed by atoms with Gasteiger partial charge in [0.05, 0.1) is 11.8 Å². The molecule has 0 spiro atoms. The minimum atomic E-state index is 0.776. The van der Waals surface area contributed by atoms with E-state index in [-0.39, 0.29) is 0 Å². The van der Waals surface area contributed by atoms with Crippen LogP contribution >= 0.6 is 0 Å². The molecular formula is C8H12N4. The Morgan fingerprint density at radius 3 is 3.33 bits per heavy atom. The van der Waals surface area contributed by atoms with Crippen molar-refractivity contribution in [1.82, 2.24) is 10.2 Å². The van der Waals surface area contributed by atoms with Gasteiger partial charge in [0.1, 0.15) is 5.82 Å². The maximum Gasteiger partial charge on any atom is 0.134 e. The zero-order chi connectivity index (χ0) is 8.81. The summed E-state index contributed by atoms with van der Waals surface area (Å²) in [4.78, 5) is 4.10. The Hall–Kier alpha value is -1.58. The first-order valence-corrected chi connectivity index (χ1v) is 3.79. The molecule has 0 bridgehead atoms. The van der Waals surface area contributed by atoms with Gasteiger partial charge in [-0.15, -0.1) is 0 Å². The van der Waals surface area contributed by atoms with Gasteiger partial charge in [0.15, 0.2) is 0 Å². The van der Waals surface area contributed by atoms with E-state index in [1.807, 2.05) is 6.92 Å². The van der Waals surface area contributed by atoms with Crippen molar-refractivity contribution in [3.05, 3.63) is 24.5 Å². The molecule has 0 saturated carbocycles. The van der Waals surface area contributed by atoms with E-state index in [1.54, 1.807) is 18.6 Å². The van der Waals surface area contributed by atoms with Crippen molar-refractivity contribution < 1.29 is 0 Å². The largest absolute Gasteiger partial charge is 0.347 e. The van der Waals surface area contributed by atoms with Crippen LogP contribution < -0.4 is 5.32 Å². The lowest BCUT2D eigenvalue weighted by molar-refractivity contribution is 1.09. The van der Waals surface area contributed by atoms with E-state index in [0.717, 1.165) is 17.9 Å². The number of aromatic amines is 1. The molecule has 4 heteroatoms. The maximum atomic E-state index is 4.10. The molecule has 0 aromatic carbocycles. The number of nitrogens with zero attached hydrogens (tertiary/aromatic N) is 2. The van der Waals surface area contributed by atoms with E-state index in [2.05, 4.69) is 27.1 Å². The number of rotatable bonds is 4. The van der Waals surface area contributed by atoms with Crippen LogP contribution in [0.3, 0.4) is 0 Å². The Balaban J connectivity index is 2.76. The summed E-state index contributed by atoms with van der Waals surface area (Å²) in [5.74, 6) is 0.821. The third kappa shape index (κ3) is 1.95. The molecule has 1 rings (SSSR count). The highest BCUT2D eigenvalue weighted by Crippen LogP contribution is 2.07. The number of hydrogen-bond acceptors (Lipinski definition) is 3. The summed E-state index contributed by atoms with van der Waals surface area (Å²) in [6.45, 7) is 6.31. The number of anilines is 1. The first-order chi connectivity index (χ1) is 5.88. The summed E-state index contributed by atoms with van der Waals surface area (Å²) in [5, 5.41) is 9.58. The molecule has 0 unspecified atom stereocenters. The Kier molecular flexibility index (Phi) is 3.07. The van der Waals surface area contributed by atoms with Gasteiger partial charge in [0.2, 0.25) is 0 Å². The van der Waals surface area contributed by atoms with Gasteiger partial charge >= 0.3 is 0 Å². The van der Waals surface area contributed by atoms with Crippen molar-refractivity contribution in [3.8, 4) is 0 Å². The van der Waals surface area contributed by atoms with E-state index in [4.69, 9.17) is 0 Å². The van der Waals surface area contributed by atoms with Crippen LogP contribution in [0.5, 0.6) is 0 Å². The molecule has 2 N–H and O–H groups in total. The van der Waals surface area contributed by atoms with E-state index in [1.165, 1.54) is 0 Å². The molecule has 0 radical (unpaired) electrons. The Labute approximate surface area is 71.4 Å². The second-order valence-electron chi connectivity index (χ2n) is 2.18. The highest BCUT2D eigenvalue weighted by atomic mass is 15.2. The van der Waals surface area contributed by atoms with E-state index in [0.29, 0.717) is 0 Å². The highest BCUT2D eigenvalue weighted by Gasteiger charge is 1.98. The van der Waals surface area contributed by atoms with E-state index in [9.17, 15) is 0 Å². The normalized spacial score (nSPS) is 10.4. The number of nitrogens with one attached hydrogen (secondary N) is 2. The van der Waals surface area contributed by atoms with Crippen LogP contribution in [0.25, 0.3) is 0 Å². The Bertz CT molecular complexity index is 274. The van der Waals surface area contributed by atoms with Crippen LogP contribution in [0, 0.1) is 0 Å². The van der Waals surface area contributed by atoms with Gasteiger partial charge in [-0.1, -0.05) is 6.58 Å². The quantitative estimate of drug-likeness (QED) is 0.661. The van der Waals surface area contributed by atoms with Crippen LogP contribution in [0.2, 0.25) is 0 Å². The van der Waals surface area contributed by atoms with Gasteiger partial charge in [-0.05, 0) is 13.1 Å². The predicted molar refractivity (Wildman–Crippen MR) is 50.5 cm³/mol. The SMILES string of the molecule is C=CNc1[nH]ncc1C=NCC. The number of H-pyrrole nitrogens is 1. The topological polar surface area (TPSA) is 53.1 Å². The molecule has 1 aromatic heterocycles. The van der Waals surface area contributed by atoms with E-state index >= 15 is 0 Å². The first-order valence-electron chi connectivity index (χ1n) is 3.79. The lowest BCUT2D eigenvalue weighted by Crippen LogP contribution is -1.91. The van der Waals surface area contributed by atoms with Crippen LogP contribution in [-0.2, 0) is 0 Å². The molecule has 64 valence electrons. The van der Waals surface area contributed by atoms with Gasteiger partial charge in [-0.2, -0.15) is 5.10 Å². The minimum Gasteiger partial charge on any atom is -0.347 e. The maximum absolute atomic E-state index is 4.10. The minimum absolute atomic E-state index is 0.776. The zero-order valence-corrected chi connectivity index (χ0v) is 7.04. The molecule has 1 heterocycles. The molecule has 4 nitrogen and oxygen atoms in total. The number of aromatic nitrogens is 2. The van der Waals surface area contributed by atoms with Crippen LogP contribution in [0.1, 0.15) is 12.5 Å². The molecule has 0 aliphatic carbocycles. The lowest BCUT2D eigenvalue weighted by atomic mass is 10.3. The van der Waals surface area contributed by atoms with Gasteiger partial charge in [-0.25, -0.2) is 0 Å². The molecular weight excluding hydrogens is 152 g/mol. The van der Waals surface area contributed by atoms with Crippen molar-refractivity contribution in [3.63, 3.8) is 0 Å². The van der Waals surface area contributed by atoms with Gasteiger partial charge in [0.25, 0.3) is 0 Å². The fourth-order valence-corrected chi connectivity index (χ4v) is 0.801. The fraction of sp³-hybridized carbons (Fsp3) is 0.250. The smallest absolute Gasteiger partial charge is 0.134 e. The Morgan fingerprint density at radius 2 is 2.67 bits per heavy atom. The first kappa shape index (κ1) is 8.52. The molecule has 12 heavy (non-hydrogen) atoms. The van der Waals surface area contributed by atoms with Crippen LogP contribution in [0.4, 0.5) is 5.82 Å². The van der Waals surface area contributed by atoms with Crippen molar-refractivity contribution >= 4 is 12.0 Å². The number of hydrogen-bond donors (Lipinski definition) is 2. The third-order valence-electron chi connectivity index (χ3n) is 1.33. The summed E-state index contributed by atoms with van der Waals surface area (Å²) in [7, 11) is 0. The van der Waals surface area contributed by atoms with Crippen molar-refractivity contribution in [2.75, 3.05) is 11.9 Å². The molecule has 0 fully saturated rings. The Morgan fingerprint density at radius 1 is 1.83 bits per heavy atom. The molecule has 0 saturated heterocycles. The lowest BCUT2D eigenvalue weighted by Gasteiger charge is -1.95. The standard InChI is InChI=1S/C8H12N4/c1-3-9-5-7-6-11-12-8(7)10-4-2/h4-6H,2-3H2,1H3,(H2,10,11,12).